The van der Waals surface area contributed by atoms with Crippen LogP contribution in [0.25, 0.3) is 0 Å². The molecule has 0 spiro atoms. The highest BCUT2D eigenvalue weighted by atomic mass is 32.2. The van der Waals surface area contributed by atoms with E-state index in [4.69, 9.17) is 11.6 Å². The van der Waals surface area contributed by atoms with Gasteiger partial charge < -0.3 is 4.90 Å². The fourth-order valence-electron chi connectivity index (χ4n) is 2.21. The van der Waals surface area contributed by atoms with Crippen LogP contribution >= 0.6 is 0 Å². The summed E-state index contributed by atoms with van der Waals surface area (Å²) in [6.07, 6.45) is 5.46. The van der Waals surface area contributed by atoms with Crippen molar-refractivity contribution in [2.24, 2.45) is 11.1 Å². The van der Waals surface area contributed by atoms with Gasteiger partial charge in [0.15, 0.2) is 0 Å². The predicted octanol–water partition coefficient (Wildman–Crippen LogP) is 0.309. The summed E-state index contributed by atoms with van der Waals surface area (Å²) < 4.78 is 22.1. The number of nitrogens with zero attached hydrogens (tertiary/aromatic N) is 1. The van der Waals surface area contributed by atoms with Gasteiger partial charge in [-0.25, -0.2) is 13.6 Å². The van der Waals surface area contributed by atoms with Gasteiger partial charge >= 0.3 is 0 Å². The van der Waals surface area contributed by atoms with Crippen molar-refractivity contribution in [1.82, 2.24) is 0 Å². The molecule has 19 heavy (non-hydrogen) atoms. The van der Waals surface area contributed by atoms with E-state index in [9.17, 15) is 13.2 Å². The molecule has 2 N–H and O–H groups in total. The van der Waals surface area contributed by atoms with E-state index >= 15 is 0 Å². The van der Waals surface area contributed by atoms with E-state index in [1.54, 1.807) is 29.2 Å². The Morgan fingerprint density at radius 1 is 1.37 bits per heavy atom. The number of terminal acetylenes is 1. The molecule has 1 aromatic rings. The number of carbonyl (C=O) groups excluding carboxylic acids is 1. The first kappa shape index (κ1) is 13.6. The number of primary sulfonamides is 1. The molecule has 0 saturated carbocycles. The van der Waals surface area contributed by atoms with Crippen molar-refractivity contribution < 1.29 is 13.2 Å². The van der Waals surface area contributed by atoms with E-state index in [0.29, 0.717) is 6.54 Å². The zero-order valence-electron chi connectivity index (χ0n) is 10.2. The summed E-state index contributed by atoms with van der Waals surface area (Å²) >= 11 is 0. The van der Waals surface area contributed by atoms with Gasteiger partial charge in [-0.15, -0.1) is 6.42 Å². The van der Waals surface area contributed by atoms with Crippen LogP contribution in [0.1, 0.15) is 12.0 Å². The predicted molar refractivity (Wildman–Crippen MR) is 72.8 cm³/mol. The fraction of sp³-hybridized carbons (Fsp3) is 0.308. The van der Waals surface area contributed by atoms with E-state index in [0.717, 1.165) is 11.3 Å². The Bertz CT molecular complexity index is 629. The number of hydrogen-bond acceptors (Lipinski definition) is 3. The number of carbonyl (C=O) groups is 1. The fourth-order valence-corrected chi connectivity index (χ4v) is 3.09. The Labute approximate surface area is 112 Å². The van der Waals surface area contributed by atoms with Crippen molar-refractivity contribution in [1.29, 1.82) is 0 Å². The molecule has 0 aromatic heterocycles. The van der Waals surface area contributed by atoms with Gasteiger partial charge in [-0.05, 0) is 24.3 Å². The molecule has 1 aliphatic heterocycles. The summed E-state index contributed by atoms with van der Waals surface area (Å²) in [5.74, 6) is 1.98. The largest absolute Gasteiger partial charge is 0.312 e. The number of hydrogen-bond donors (Lipinski definition) is 1. The van der Waals surface area contributed by atoms with Gasteiger partial charge in [-0.1, -0.05) is 5.92 Å². The first-order chi connectivity index (χ1) is 8.89. The summed E-state index contributed by atoms with van der Waals surface area (Å²) in [4.78, 5) is 13.4. The smallest absolute Gasteiger partial charge is 0.227 e. The highest BCUT2D eigenvalue weighted by Crippen LogP contribution is 2.25. The third-order valence-electron chi connectivity index (χ3n) is 3.02. The van der Waals surface area contributed by atoms with E-state index in [-0.39, 0.29) is 24.0 Å². The molecule has 100 valence electrons. The molecule has 1 atom stereocenters. The molecule has 5 nitrogen and oxygen atoms in total. The quantitative estimate of drug-likeness (QED) is 0.808. The Hall–Kier alpha value is -1.84. The molecule has 0 aliphatic carbocycles. The maximum atomic E-state index is 11.9. The summed E-state index contributed by atoms with van der Waals surface area (Å²) in [5.41, 5.74) is 1.46. The summed E-state index contributed by atoms with van der Waals surface area (Å²) in [6, 6.07) is 7.00. The SMILES string of the molecule is C#Cc1ccc(N2CC(CS(N)(=O)=O)CC2=O)cc1. The van der Waals surface area contributed by atoms with Crippen LogP contribution in [0.2, 0.25) is 0 Å². The number of amides is 1. The first-order valence-corrected chi connectivity index (χ1v) is 7.48. The summed E-state index contributed by atoms with van der Waals surface area (Å²) in [6.45, 7) is 0.366. The molecular weight excluding hydrogens is 264 g/mol. The number of benzene rings is 1. The molecular formula is C13H14N2O3S. The van der Waals surface area contributed by atoms with Crippen molar-refractivity contribution in [2.75, 3.05) is 17.2 Å². The minimum absolute atomic E-state index is 0.0953. The van der Waals surface area contributed by atoms with Crippen LogP contribution in [0.5, 0.6) is 0 Å². The molecule has 1 saturated heterocycles. The molecule has 1 amide bonds. The van der Waals surface area contributed by atoms with Gasteiger partial charge in [0.05, 0.1) is 5.75 Å². The standard InChI is InChI=1S/C13H14N2O3S/c1-2-10-3-5-12(6-4-10)15-8-11(7-13(15)16)9-19(14,17)18/h1,3-6,11H,7-9H2,(H2,14,17,18). The molecule has 1 heterocycles. The second-order valence-electron chi connectivity index (χ2n) is 4.60. The Morgan fingerprint density at radius 3 is 2.53 bits per heavy atom. The van der Waals surface area contributed by atoms with Crippen molar-refractivity contribution in [3.05, 3.63) is 29.8 Å². The Kier molecular flexibility index (Phi) is 3.60. The highest BCUT2D eigenvalue weighted by molar-refractivity contribution is 7.89. The maximum Gasteiger partial charge on any atom is 0.227 e. The Morgan fingerprint density at radius 2 is 2.00 bits per heavy atom. The average molecular weight is 278 g/mol. The topological polar surface area (TPSA) is 80.5 Å². The molecule has 0 bridgehead atoms. The molecule has 6 heteroatoms. The van der Waals surface area contributed by atoms with Gasteiger partial charge in [0, 0.05) is 30.1 Å². The lowest BCUT2D eigenvalue weighted by Crippen LogP contribution is -2.27. The molecule has 0 radical (unpaired) electrons. The lowest BCUT2D eigenvalue weighted by atomic mass is 10.1. The van der Waals surface area contributed by atoms with Gasteiger partial charge in [0.1, 0.15) is 0 Å². The third kappa shape index (κ3) is 3.34. The van der Waals surface area contributed by atoms with Crippen LogP contribution in [-0.4, -0.2) is 26.6 Å². The van der Waals surface area contributed by atoms with E-state index in [1.807, 2.05) is 0 Å². The second-order valence-corrected chi connectivity index (χ2v) is 6.25. The Balaban J connectivity index is 2.13. The van der Waals surface area contributed by atoms with Crippen LogP contribution in [0.3, 0.4) is 0 Å². The lowest BCUT2D eigenvalue weighted by molar-refractivity contribution is -0.117. The van der Waals surface area contributed by atoms with Crippen LogP contribution in [0.15, 0.2) is 24.3 Å². The van der Waals surface area contributed by atoms with Crippen LogP contribution in [0, 0.1) is 18.3 Å². The average Bonchev–Trinajstić information content (AvgIpc) is 2.68. The second kappa shape index (κ2) is 5.03. The minimum Gasteiger partial charge on any atom is -0.312 e. The van der Waals surface area contributed by atoms with Gasteiger partial charge in [0.2, 0.25) is 15.9 Å². The van der Waals surface area contributed by atoms with Gasteiger partial charge in [-0.2, -0.15) is 0 Å². The summed E-state index contributed by atoms with van der Waals surface area (Å²) in [5, 5.41) is 5.00. The number of nitrogens with two attached hydrogens (primary N) is 1. The minimum atomic E-state index is -3.55. The highest BCUT2D eigenvalue weighted by Gasteiger charge is 2.32. The van der Waals surface area contributed by atoms with Crippen molar-refractivity contribution in [2.45, 2.75) is 6.42 Å². The monoisotopic (exact) mass is 278 g/mol. The first-order valence-electron chi connectivity index (χ1n) is 5.76. The van der Waals surface area contributed by atoms with E-state index < -0.39 is 10.0 Å². The normalized spacial score (nSPS) is 19.5. The van der Waals surface area contributed by atoms with Gasteiger partial charge in [-0.3, -0.25) is 4.79 Å². The van der Waals surface area contributed by atoms with Crippen LogP contribution in [-0.2, 0) is 14.8 Å². The lowest BCUT2D eigenvalue weighted by Gasteiger charge is -2.16. The van der Waals surface area contributed by atoms with Crippen molar-refractivity contribution in [3.63, 3.8) is 0 Å². The van der Waals surface area contributed by atoms with E-state index in [1.165, 1.54) is 0 Å². The van der Waals surface area contributed by atoms with Crippen molar-refractivity contribution >= 4 is 21.6 Å². The molecule has 1 aromatic carbocycles. The maximum absolute atomic E-state index is 11.9. The van der Waals surface area contributed by atoms with Gasteiger partial charge in [0.25, 0.3) is 0 Å². The number of rotatable bonds is 3. The molecule has 1 unspecified atom stereocenters. The van der Waals surface area contributed by atoms with E-state index in [2.05, 4.69) is 5.92 Å². The zero-order chi connectivity index (χ0) is 14.0. The summed E-state index contributed by atoms with van der Waals surface area (Å²) in [7, 11) is -3.55. The van der Waals surface area contributed by atoms with Crippen LogP contribution < -0.4 is 10.0 Å². The van der Waals surface area contributed by atoms with Crippen LogP contribution in [0.4, 0.5) is 5.69 Å². The molecule has 1 fully saturated rings. The molecule has 1 aliphatic rings. The zero-order valence-corrected chi connectivity index (χ0v) is 11.1. The number of sulfonamides is 1. The molecule has 2 rings (SSSR count). The third-order valence-corrected chi connectivity index (χ3v) is 3.95. The number of anilines is 1. The van der Waals surface area contributed by atoms with Crippen molar-refractivity contribution in [3.8, 4) is 12.3 Å².